The fourth-order valence-electron chi connectivity index (χ4n) is 2.54. The van der Waals surface area contributed by atoms with E-state index in [1.807, 2.05) is 6.92 Å². The third-order valence-corrected chi connectivity index (χ3v) is 7.27. The lowest BCUT2D eigenvalue weighted by atomic mass is 10.2. The maximum Gasteiger partial charge on any atom is 0.191 e. The zero-order valence-electron chi connectivity index (χ0n) is 14.5. The lowest BCUT2D eigenvalue weighted by Gasteiger charge is -2.09. The fraction of sp³-hybridized carbons (Fsp3) is 0.222. The maximum atomic E-state index is 12.6. The van der Waals surface area contributed by atoms with Crippen molar-refractivity contribution >= 4 is 44.8 Å². The number of halogens is 2. The van der Waals surface area contributed by atoms with Gasteiger partial charge < -0.3 is 4.57 Å². The van der Waals surface area contributed by atoms with Crippen molar-refractivity contribution in [2.45, 2.75) is 35.0 Å². The van der Waals surface area contributed by atoms with Crippen LogP contribution in [0.5, 0.6) is 0 Å². The highest BCUT2D eigenvalue weighted by molar-refractivity contribution is 7.98. The van der Waals surface area contributed by atoms with E-state index in [0.29, 0.717) is 33.3 Å². The van der Waals surface area contributed by atoms with Crippen molar-refractivity contribution in [3.63, 3.8) is 0 Å². The van der Waals surface area contributed by atoms with Crippen molar-refractivity contribution in [3.8, 4) is 0 Å². The summed E-state index contributed by atoms with van der Waals surface area (Å²) in [7, 11) is -3.49. The molecular weight excluding hydrogens is 425 g/mol. The Morgan fingerprint density at radius 2 is 1.67 bits per heavy atom. The van der Waals surface area contributed by atoms with Crippen LogP contribution in [0.2, 0.25) is 10.0 Å². The molecule has 0 aliphatic rings. The Kier molecular flexibility index (Phi) is 6.47. The van der Waals surface area contributed by atoms with Crippen LogP contribution < -0.4 is 0 Å². The van der Waals surface area contributed by atoms with E-state index in [2.05, 4.69) is 10.2 Å². The smallest absolute Gasteiger partial charge is 0.191 e. The number of sulfone groups is 1. The van der Waals surface area contributed by atoms with Crippen molar-refractivity contribution < 1.29 is 8.42 Å². The number of hydrogen-bond acceptors (Lipinski definition) is 5. The molecule has 0 aliphatic heterocycles. The van der Waals surface area contributed by atoms with Gasteiger partial charge in [0.25, 0.3) is 0 Å². The van der Waals surface area contributed by atoms with Gasteiger partial charge in [0.15, 0.2) is 15.0 Å². The molecule has 0 fully saturated rings. The lowest BCUT2D eigenvalue weighted by Crippen LogP contribution is -2.11. The minimum absolute atomic E-state index is 0.203. The molecule has 0 unspecified atom stereocenters. The highest BCUT2D eigenvalue weighted by Gasteiger charge is 2.21. The Hall–Kier alpha value is -1.54. The Labute approximate surface area is 172 Å². The third-order valence-electron chi connectivity index (χ3n) is 3.94. The van der Waals surface area contributed by atoms with E-state index >= 15 is 0 Å². The largest absolute Gasteiger partial charge is 0.305 e. The average molecular weight is 442 g/mol. The van der Waals surface area contributed by atoms with Gasteiger partial charge in [-0.05, 0) is 36.8 Å². The summed E-state index contributed by atoms with van der Waals surface area (Å²) in [6.07, 6.45) is 0. The van der Waals surface area contributed by atoms with Gasteiger partial charge in [-0.25, -0.2) is 8.42 Å². The maximum absolute atomic E-state index is 12.6. The van der Waals surface area contributed by atoms with Crippen molar-refractivity contribution in [2.75, 3.05) is 0 Å². The highest BCUT2D eigenvalue weighted by atomic mass is 35.5. The second-order valence-electron chi connectivity index (χ2n) is 5.70. The van der Waals surface area contributed by atoms with Gasteiger partial charge in [0.1, 0.15) is 11.6 Å². The van der Waals surface area contributed by atoms with Gasteiger partial charge in [0.2, 0.25) is 0 Å². The van der Waals surface area contributed by atoms with Crippen LogP contribution in [0, 0.1) is 0 Å². The quantitative estimate of drug-likeness (QED) is 0.489. The van der Waals surface area contributed by atoms with E-state index in [-0.39, 0.29) is 10.6 Å². The molecule has 0 bridgehead atoms. The molecule has 0 saturated carbocycles. The molecular formula is C18H17Cl2N3O2S2. The molecule has 3 rings (SSSR count). The van der Waals surface area contributed by atoms with Gasteiger partial charge in [-0.3, -0.25) is 0 Å². The summed E-state index contributed by atoms with van der Waals surface area (Å²) >= 11 is 13.8. The number of nitrogens with zero attached hydrogens (tertiary/aromatic N) is 3. The second-order valence-corrected chi connectivity index (χ2v) is 9.45. The molecule has 0 aliphatic carbocycles. The molecule has 2 aromatic carbocycles. The van der Waals surface area contributed by atoms with Gasteiger partial charge in [-0.1, -0.05) is 59.2 Å². The Balaban J connectivity index is 1.81. The van der Waals surface area contributed by atoms with E-state index in [1.165, 1.54) is 11.8 Å². The zero-order chi connectivity index (χ0) is 19.4. The van der Waals surface area contributed by atoms with Crippen LogP contribution in [0.25, 0.3) is 0 Å². The molecule has 0 saturated heterocycles. The van der Waals surface area contributed by atoms with Gasteiger partial charge in [-0.2, -0.15) is 0 Å². The van der Waals surface area contributed by atoms with E-state index in [0.717, 1.165) is 5.56 Å². The summed E-state index contributed by atoms with van der Waals surface area (Å²) in [6.45, 7) is 2.49. The SMILES string of the molecule is CCn1c(CS(=O)(=O)c2ccccc2)nnc1SCc1c(Cl)cccc1Cl. The number of thioether (sulfide) groups is 1. The third kappa shape index (κ3) is 4.66. The van der Waals surface area contributed by atoms with Crippen molar-refractivity contribution in [3.05, 3.63) is 70.0 Å². The molecule has 5 nitrogen and oxygen atoms in total. The first-order valence-electron chi connectivity index (χ1n) is 8.18. The first-order valence-corrected chi connectivity index (χ1v) is 11.6. The van der Waals surface area contributed by atoms with Gasteiger partial charge in [0.05, 0.1) is 4.90 Å². The van der Waals surface area contributed by atoms with Crippen molar-refractivity contribution in [1.29, 1.82) is 0 Å². The Morgan fingerprint density at radius 3 is 2.30 bits per heavy atom. The van der Waals surface area contributed by atoms with Crippen LogP contribution in [-0.4, -0.2) is 23.2 Å². The van der Waals surface area contributed by atoms with Gasteiger partial charge in [0, 0.05) is 22.3 Å². The predicted molar refractivity (Wildman–Crippen MR) is 109 cm³/mol. The molecule has 0 N–H and O–H groups in total. The van der Waals surface area contributed by atoms with E-state index < -0.39 is 9.84 Å². The summed E-state index contributed by atoms with van der Waals surface area (Å²) in [5, 5.41) is 10.1. The van der Waals surface area contributed by atoms with Gasteiger partial charge in [-0.15, -0.1) is 10.2 Å². The van der Waals surface area contributed by atoms with E-state index in [1.54, 1.807) is 53.1 Å². The van der Waals surface area contributed by atoms with E-state index in [4.69, 9.17) is 23.2 Å². The van der Waals surface area contributed by atoms with Crippen LogP contribution in [0.4, 0.5) is 0 Å². The second kappa shape index (κ2) is 8.65. The summed E-state index contributed by atoms with van der Waals surface area (Å²) in [5.74, 6) is 0.724. The Morgan fingerprint density at radius 1 is 1.00 bits per heavy atom. The molecule has 9 heteroatoms. The summed E-state index contributed by atoms with van der Waals surface area (Å²) < 4.78 is 27.1. The normalized spacial score (nSPS) is 11.7. The lowest BCUT2D eigenvalue weighted by molar-refractivity contribution is 0.588. The highest BCUT2D eigenvalue weighted by Crippen LogP contribution is 2.31. The van der Waals surface area contributed by atoms with E-state index in [9.17, 15) is 8.42 Å². The molecule has 0 spiro atoms. The molecule has 0 radical (unpaired) electrons. The fourth-order valence-corrected chi connectivity index (χ4v) is 5.59. The molecule has 142 valence electrons. The van der Waals surface area contributed by atoms with Gasteiger partial charge >= 0.3 is 0 Å². The summed E-state index contributed by atoms with van der Waals surface area (Å²) in [6, 6.07) is 13.7. The molecule has 1 heterocycles. The average Bonchev–Trinajstić information content (AvgIpc) is 3.03. The van der Waals surface area contributed by atoms with Crippen molar-refractivity contribution in [1.82, 2.24) is 14.8 Å². The molecule has 0 amide bonds. The first kappa shape index (κ1) is 20.2. The van der Waals surface area contributed by atoms with Crippen LogP contribution in [0.15, 0.2) is 58.6 Å². The van der Waals surface area contributed by atoms with Crippen LogP contribution in [-0.2, 0) is 27.9 Å². The van der Waals surface area contributed by atoms with Crippen LogP contribution >= 0.6 is 35.0 Å². The number of rotatable bonds is 7. The topological polar surface area (TPSA) is 64.8 Å². The summed E-state index contributed by atoms with van der Waals surface area (Å²) in [5.41, 5.74) is 0.815. The minimum Gasteiger partial charge on any atom is -0.305 e. The molecule has 27 heavy (non-hydrogen) atoms. The van der Waals surface area contributed by atoms with Crippen LogP contribution in [0.1, 0.15) is 18.3 Å². The minimum atomic E-state index is -3.49. The standard InChI is InChI=1S/C18H17Cl2N3O2S2/c1-2-23-17(12-27(24,25)13-7-4-3-5-8-13)21-22-18(23)26-11-14-15(19)9-6-10-16(14)20/h3-10H,2,11-12H2,1H3. The number of benzene rings is 2. The molecule has 0 atom stereocenters. The molecule has 1 aromatic heterocycles. The predicted octanol–water partition coefficient (Wildman–Crippen LogP) is 4.87. The summed E-state index contributed by atoms with van der Waals surface area (Å²) in [4.78, 5) is 0.271. The Bertz CT molecular complexity index is 1020. The number of aromatic nitrogens is 3. The first-order chi connectivity index (χ1) is 12.9. The van der Waals surface area contributed by atoms with Crippen LogP contribution in [0.3, 0.4) is 0 Å². The molecule has 3 aromatic rings. The monoisotopic (exact) mass is 441 g/mol. The zero-order valence-corrected chi connectivity index (χ0v) is 17.6. The van der Waals surface area contributed by atoms with Crippen molar-refractivity contribution in [2.24, 2.45) is 0 Å². The number of hydrogen-bond donors (Lipinski definition) is 0.